The molecule has 0 saturated carbocycles. The third-order valence-electron chi connectivity index (χ3n) is 3.95. The summed E-state index contributed by atoms with van der Waals surface area (Å²) in [5.41, 5.74) is 5.62. The Morgan fingerprint density at radius 1 is 1.44 bits per heavy atom. The number of fused-ring (bicyclic) bond motifs is 1. The number of aliphatic hydroxyl groups is 1. The second-order valence-corrected chi connectivity index (χ2v) is 6.93. The third kappa shape index (κ3) is 3.14. The Kier molecular flexibility index (Phi) is 4.33. The number of ether oxygens (including phenoxy) is 2. The molecule has 1 aliphatic heterocycles. The molecule has 0 amide bonds. The number of nitrogens with zero attached hydrogens (tertiary/aromatic N) is 4. The van der Waals surface area contributed by atoms with Gasteiger partial charge in [-0.15, -0.1) is 0 Å². The van der Waals surface area contributed by atoms with E-state index in [1.54, 1.807) is 20.8 Å². The number of aliphatic hydroxyl groups excluding tert-OH is 1. The van der Waals surface area contributed by atoms with Crippen LogP contribution in [-0.2, 0) is 14.3 Å². The van der Waals surface area contributed by atoms with Crippen LogP contribution in [-0.4, -0.2) is 55.6 Å². The lowest BCUT2D eigenvalue weighted by Gasteiger charge is -2.20. The van der Waals surface area contributed by atoms with Gasteiger partial charge in [-0.1, -0.05) is 0 Å². The number of hydrogen-bond acceptors (Lipinski definition) is 8. The number of nitrogen functional groups attached to an aromatic ring is 1. The van der Waals surface area contributed by atoms with Gasteiger partial charge in [-0.3, -0.25) is 9.36 Å². The lowest BCUT2D eigenvalue weighted by Crippen LogP contribution is -2.34. The highest BCUT2D eigenvalue weighted by Gasteiger charge is 2.46. The summed E-state index contributed by atoms with van der Waals surface area (Å²) < 4.78 is 26.6. The Morgan fingerprint density at radius 3 is 2.84 bits per heavy atom. The second-order valence-electron chi connectivity index (χ2n) is 6.93. The Bertz CT molecular complexity index is 790. The summed E-state index contributed by atoms with van der Waals surface area (Å²) in [6.45, 7) is 4.84. The molecule has 3 rings (SSSR count). The minimum absolute atomic E-state index is 0.161. The van der Waals surface area contributed by atoms with E-state index < -0.39 is 36.0 Å². The van der Waals surface area contributed by atoms with Crippen molar-refractivity contribution in [3.05, 3.63) is 12.7 Å². The molecule has 0 aromatic carbocycles. The first kappa shape index (κ1) is 17.5. The molecule has 0 bridgehead atoms. The van der Waals surface area contributed by atoms with Crippen LogP contribution >= 0.6 is 0 Å². The van der Waals surface area contributed by atoms with Crippen molar-refractivity contribution < 1.29 is 23.8 Å². The van der Waals surface area contributed by atoms with Crippen LogP contribution in [0.25, 0.3) is 11.2 Å². The zero-order valence-electron chi connectivity index (χ0n) is 14.1. The maximum Gasteiger partial charge on any atom is 0.311 e. The van der Waals surface area contributed by atoms with Crippen molar-refractivity contribution in [3.8, 4) is 0 Å². The van der Waals surface area contributed by atoms with Gasteiger partial charge in [0.15, 0.2) is 23.9 Å². The number of carbonyl (C=O) groups is 1. The second kappa shape index (κ2) is 6.19. The number of hydrogen-bond donors (Lipinski definition) is 2. The van der Waals surface area contributed by atoms with Gasteiger partial charge in [0.25, 0.3) is 0 Å². The quantitative estimate of drug-likeness (QED) is 0.768. The molecule has 4 atom stereocenters. The van der Waals surface area contributed by atoms with Crippen LogP contribution in [0, 0.1) is 5.41 Å². The van der Waals surface area contributed by atoms with Crippen molar-refractivity contribution in [2.24, 2.45) is 5.41 Å². The molecule has 1 aliphatic rings. The van der Waals surface area contributed by atoms with E-state index in [1.165, 1.54) is 17.2 Å². The largest absolute Gasteiger partial charge is 0.462 e. The van der Waals surface area contributed by atoms with Crippen molar-refractivity contribution in [3.63, 3.8) is 0 Å². The minimum Gasteiger partial charge on any atom is -0.462 e. The van der Waals surface area contributed by atoms with E-state index in [2.05, 4.69) is 15.0 Å². The predicted octanol–water partition coefficient (Wildman–Crippen LogP) is 0.594. The number of esters is 1. The highest BCUT2D eigenvalue weighted by molar-refractivity contribution is 5.81. The van der Waals surface area contributed by atoms with Crippen LogP contribution in [0.1, 0.15) is 27.0 Å². The Labute approximate surface area is 143 Å². The molecule has 0 unspecified atom stereocenters. The van der Waals surface area contributed by atoms with Crippen molar-refractivity contribution in [2.75, 3.05) is 12.3 Å². The zero-order chi connectivity index (χ0) is 18.4. The van der Waals surface area contributed by atoms with E-state index in [1.807, 2.05) is 0 Å². The number of anilines is 1. The van der Waals surface area contributed by atoms with E-state index in [0.717, 1.165) is 0 Å². The van der Waals surface area contributed by atoms with Gasteiger partial charge in [0.2, 0.25) is 0 Å². The number of halogens is 1. The maximum atomic E-state index is 14.5. The number of aromatic nitrogens is 4. The fourth-order valence-electron chi connectivity index (χ4n) is 2.50. The van der Waals surface area contributed by atoms with Gasteiger partial charge >= 0.3 is 5.97 Å². The number of alkyl halides is 1. The van der Waals surface area contributed by atoms with Gasteiger partial charge in [-0.25, -0.2) is 19.3 Å². The van der Waals surface area contributed by atoms with Crippen molar-refractivity contribution in [1.82, 2.24) is 19.5 Å². The molecule has 3 heterocycles. The summed E-state index contributed by atoms with van der Waals surface area (Å²) in [6.07, 6.45) is -2.79. The third-order valence-corrected chi connectivity index (χ3v) is 3.95. The van der Waals surface area contributed by atoms with Crippen LogP contribution in [0.5, 0.6) is 0 Å². The fraction of sp³-hybridized carbons (Fsp3) is 0.600. The van der Waals surface area contributed by atoms with E-state index >= 15 is 0 Å². The van der Waals surface area contributed by atoms with E-state index in [4.69, 9.17) is 15.2 Å². The molecule has 0 spiro atoms. The number of imidazole rings is 1. The topological polar surface area (TPSA) is 125 Å². The molecule has 1 saturated heterocycles. The van der Waals surface area contributed by atoms with Gasteiger partial charge in [-0.2, -0.15) is 0 Å². The smallest absolute Gasteiger partial charge is 0.311 e. The zero-order valence-corrected chi connectivity index (χ0v) is 14.1. The van der Waals surface area contributed by atoms with E-state index in [0.29, 0.717) is 11.2 Å². The summed E-state index contributed by atoms with van der Waals surface area (Å²) in [5, 5.41) is 10.1. The molecule has 10 heteroatoms. The first-order valence-corrected chi connectivity index (χ1v) is 7.78. The molecular formula is C15H20FN5O4. The highest BCUT2D eigenvalue weighted by atomic mass is 19.1. The number of carbonyl (C=O) groups excluding carboxylic acids is 1. The monoisotopic (exact) mass is 353 g/mol. The van der Waals surface area contributed by atoms with Gasteiger partial charge in [0.1, 0.15) is 30.7 Å². The molecule has 0 radical (unpaired) electrons. The molecule has 25 heavy (non-hydrogen) atoms. The van der Waals surface area contributed by atoms with Gasteiger partial charge in [-0.05, 0) is 20.8 Å². The summed E-state index contributed by atoms with van der Waals surface area (Å²) in [4.78, 5) is 23.7. The van der Waals surface area contributed by atoms with E-state index in [9.17, 15) is 14.3 Å². The summed E-state index contributed by atoms with van der Waals surface area (Å²) in [5.74, 6) is -0.302. The lowest BCUT2D eigenvalue weighted by atomic mass is 9.97. The SMILES string of the molecule is CC(C)(C)C(=O)OC[C@H]1O[C@@H](n2cnc3c(N)ncnc32)[C@@H](F)[C@@H]1O. The Balaban J connectivity index is 1.78. The molecule has 2 aromatic rings. The van der Waals surface area contributed by atoms with Gasteiger partial charge < -0.3 is 20.3 Å². The minimum atomic E-state index is -1.74. The van der Waals surface area contributed by atoms with Crippen LogP contribution in [0.3, 0.4) is 0 Å². The molecule has 2 aromatic heterocycles. The normalized spacial score (nSPS) is 26.9. The Hall–Kier alpha value is -2.33. The average molecular weight is 353 g/mol. The molecular weight excluding hydrogens is 333 g/mol. The predicted molar refractivity (Wildman–Crippen MR) is 85.0 cm³/mol. The van der Waals surface area contributed by atoms with Crippen molar-refractivity contribution >= 4 is 23.0 Å². The Morgan fingerprint density at radius 2 is 2.16 bits per heavy atom. The molecule has 0 aliphatic carbocycles. The summed E-state index contributed by atoms with van der Waals surface area (Å²) in [7, 11) is 0. The average Bonchev–Trinajstić information content (AvgIpc) is 3.08. The fourth-order valence-corrected chi connectivity index (χ4v) is 2.50. The molecule has 136 valence electrons. The molecule has 9 nitrogen and oxygen atoms in total. The highest BCUT2D eigenvalue weighted by Crippen LogP contribution is 2.34. The van der Waals surface area contributed by atoms with Crippen LogP contribution in [0.2, 0.25) is 0 Å². The van der Waals surface area contributed by atoms with Gasteiger partial charge in [0, 0.05) is 0 Å². The standard InChI is InChI=1S/C15H20FN5O4/c1-15(2,3)14(23)24-4-7-10(22)8(16)13(25-7)21-6-20-9-11(17)18-5-19-12(9)21/h5-8,10,13,22H,4H2,1-3H3,(H2,17,18,19)/t7-,8+,10-,13-/m1/s1. The van der Waals surface area contributed by atoms with E-state index in [-0.39, 0.29) is 12.4 Å². The maximum absolute atomic E-state index is 14.5. The molecule has 3 N–H and O–H groups in total. The van der Waals surface area contributed by atoms with Crippen molar-refractivity contribution in [2.45, 2.75) is 45.4 Å². The first-order chi connectivity index (χ1) is 11.7. The summed E-state index contributed by atoms with van der Waals surface area (Å²) in [6, 6.07) is 0. The number of nitrogens with two attached hydrogens (primary N) is 1. The van der Waals surface area contributed by atoms with Crippen molar-refractivity contribution in [1.29, 1.82) is 0 Å². The van der Waals surface area contributed by atoms with Crippen LogP contribution < -0.4 is 5.73 Å². The number of rotatable bonds is 3. The van der Waals surface area contributed by atoms with Gasteiger partial charge in [0.05, 0.1) is 11.7 Å². The molecule has 1 fully saturated rings. The van der Waals surface area contributed by atoms with Crippen LogP contribution in [0.4, 0.5) is 10.2 Å². The first-order valence-electron chi connectivity index (χ1n) is 7.78. The summed E-state index contributed by atoms with van der Waals surface area (Å²) >= 11 is 0. The lowest BCUT2D eigenvalue weighted by molar-refractivity contribution is -0.159. The van der Waals surface area contributed by atoms with Crippen LogP contribution in [0.15, 0.2) is 12.7 Å².